The van der Waals surface area contributed by atoms with Crippen molar-refractivity contribution in [1.29, 1.82) is 0 Å². The third kappa shape index (κ3) is 3.60. The van der Waals surface area contributed by atoms with Crippen molar-refractivity contribution in [3.05, 3.63) is 64.2 Å². The zero-order valence-corrected chi connectivity index (χ0v) is 13.4. The molecule has 0 saturated carbocycles. The van der Waals surface area contributed by atoms with Gasteiger partial charge in [0.1, 0.15) is 12.4 Å². The Kier molecular flexibility index (Phi) is 4.51. The van der Waals surface area contributed by atoms with Crippen LogP contribution in [0.25, 0.3) is 0 Å². The lowest BCUT2D eigenvalue weighted by Gasteiger charge is -2.10. The summed E-state index contributed by atoms with van der Waals surface area (Å²) in [7, 11) is 0. The van der Waals surface area contributed by atoms with E-state index in [4.69, 9.17) is 16.3 Å². The second-order valence-electron chi connectivity index (χ2n) is 4.96. The minimum Gasteiger partial charge on any atom is -0.487 e. The van der Waals surface area contributed by atoms with Crippen molar-refractivity contribution < 1.29 is 4.74 Å². The van der Waals surface area contributed by atoms with Crippen molar-refractivity contribution in [2.75, 3.05) is 12.3 Å². The van der Waals surface area contributed by atoms with Crippen LogP contribution in [0.3, 0.4) is 0 Å². The Morgan fingerprint density at radius 1 is 1.24 bits per heavy atom. The first kappa shape index (κ1) is 14.5. The number of aryl methyl sites for hydroxylation is 1. The van der Waals surface area contributed by atoms with Gasteiger partial charge in [0.25, 0.3) is 0 Å². The van der Waals surface area contributed by atoms with Crippen LogP contribution in [-0.2, 0) is 6.61 Å². The van der Waals surface area contributed by atoms with Gasteiger partial charge in [0.2, 0.25) is 0 Å². The summed E-state index contributed by atoms with van der Waals surface area (Å²) in [6, 6.07) is 14.2. The molecule has 0 unspecified atom stereocenters. The fraction of sp³-hybridized carbons (Fsp3) is 0.235. The SMILES string of the molecule is Cc1cccc(COc2ccc(C3=NCCS3)cc2Cl)c1. The molecule has 3 rings (SSSR count). The zero-order chi connectivity index (χ0) is 14.7. The lowest BCUT2D eigenvalue weighted by atomic mass is 10.1. The van der Waals surface area contributed by atoms with E-state index in [1.807, 2.05) is 24.3 Å². The predicted molar refractivity (Wildman–Crippen MR) is 90.8 cm³/mol. The summed E-state index contributed by atoms with van der Waals surface area (Å²) in [6.07, 6.45) is 0. The predicted octanol–water partition coefficient (Wildman–Crippen LogP) is 4.72. The Morgan fingerprint density at radius 3 is 2.86 bits per heavy atom. The summed E-state index contributed by atoms with van der Waals surface area (Å²) >= 11 is 8.09. The highest BCUT2D eigenvalue weighted by molar-refractivity contribution is 8.14. The molecule has 0 N–H and O–H groups in total. The van der Waals surface area contributed by atoms with E-state index in [1.165, 1.54) is 5.56 Å². The molecule has 2 aromatic rings. The third-order valence-electron chi connectivity index (χ3n) is 3.24. The highest BCUT2D eigenvalue weighted by Gasteiger charge is 2.12. The molecule has 0 fully saturated rings. The fourth-order valence-electron chi connectivity index (χ4n) is 2.22. The number of hydrogen-bond acceptors (Lipinski definition) is 3. The lowest BCUT2D eigenvalue weighted by molar-refractivity contribution is 0.306. The van der Waals surface area contributed by atoms with Crippen molar-refractivity contribution in [3.63, 3.8) is 0 Å². The first-order chi connectivity index (χ1) is 10.2. The molecule has 1 aliphatic heterocycles. The van der Waals surface area contributed by atoms with Crippen LogP contribution < -0.4 is 4.74 Å². The van der Waals surface area contributed by atoms with Gasteiger partial charge in [0, 0.05) is 17.9 Å². The number of rotatable bonds is 4. The van der Waals surface area contributed by atoms with E-state index in [-0.39, 0.29) is 0 Å². The molecule has 0 saturated heterocycles. The lowest BCUT2D eigenvalue weighted by Crippen LogP contribution is -1.98. The molecule has 2 nitrogen and oxygen atoms in total. The number of aliphatic imine (C=N–C) groups is 1. The molecule has 0 amide bonds. The van der Waals surface area contributed by atoms with Crippen molar-refractivity contribution in [2.24, 2.45) is 4.99 Å². The standard InChI is InChI=1S/C17H16ClNOS/c1-12-3-2-4-13(9-12)11-20-16-6-5-14(10-15(16)18)17-19-7-8-21-17/h2-6,9-10H,7-8,11H2,1H3. The summed E-state index contributed by atoms with van der Waals surface area (Å²) in [5.41, 5.74) is 3.45. The molecule has 0 aromatic heterocycles. The summed E-state index contributed by atoms with van der Waals surface area (Å²) in [5.74, 6) is 1.77. The molecule has 108 valence electrons. The highest BCUT2D eigenvalue weighted by atomic mass is 35.5. The molecule has 2 aromatic carbocycles. The van der Waals surface area contributed by atoms with E-state index in [2.05, 4.69) is 30.1 Å². The Morgan fingerprint density at radius 2 is 2.14 bits per heavy atom. The second kappa shape index (κ2) is 6.54. The van der Waals surface area contributed by atoms with Gasteiger partial charge in [-0.15, -0.1) is 11.8 Å². The average Bonchev–Trinajstić information content (AvgIpc) is 3.00. The molecular formula is C17H16ClNOS. The van der Waals surface area contributed by atoms with Crippen LogP contribution in [0.1, 0.15) is 16.7 Å². The minimum atomic E-state index is 0.524. The molecule has 0 spiro atoms. The van der Waals surface area contributed by atoms with Gasteiger partial charge in [0.15, 0.2) is 0 Å². The van der Waals surface area contributed by atoms with E-state index >= 15 is 0 Å². The first-order valence-electron chi connectivity index (χ1n) is 6.88. The third-order valence-corrected chi connectivity index (χ3v) is 4.56. The Bertz CT molecular complexity index is 684. The van der Waals surface area contributed by atoms with Gasteiger partial charge in [-0.3, -0.25) is 4.99 Å². The normalized spacial score (nSPS) is 14.1. The maximum atomic E-state index is 6.32. The highest BCUT2D eigenvalue weighted by Crippen LogP contribution is 2.29. The van der Waals surface area contributed by atoms with Crippen LogP contribution in [0.2, 0.25) is 5.02 Å². The molecule has 0 radical (unpaired) electrons. The number of thioether (sulfide) groups is 1. The van der Waals surface area contributed by atoms with Crippen molar-refractivity contribution in [2.45, 2.75) is 13.5 Å². The number of halogens is 1. The van der Waals surface area contributed by atoms with Crippen molar-refractivity contribution in [3.8, 4) is 5.75 Å². The van der Waals surface area contributed by atoms with Gasteiger partial charge >= 0.3 is 0 Å². The van der Waals surface area contributed by atoms with Crippen LogP contribution in [0.15, 0.2) is 47.5 Å². The fourth-order valence-corrected chi connectivity index (χ4v) is 3.31. The van der Waals surface area contributed by atoms with E-state index in [1.54, 1.807) is 11.8 Å². The van der Waals surface area contributed by atoms with E-state index < -0.39 is 0 Å². The molecular weight excluding hydrogens is 302 g/mol. The summed E-state index contributed by atoms with van der Waals surface area (Å²) in [5, 5.41) is 1.71. The number of nitrogens with zero attached hydrogens (tertiary/aromatic N) is 1. The van der Waals surface area contributed by atoms with Gasteiger partial charge in [-0.25, -0.2) is 0 Å². The monoisotopic (exact) mass is 317 g/mol. The van der Waals surface area contributed by atoms with Crippen LogP contribution in [0, 0.1) is 6.92 Å². The van der Waals surface area contributed by atoms with E-state index in [0.717, 1.165) is 28.5 Å². The second-order valence-corrected chi connectivity index (χ2v) is 6.45. The first-order valence-corrected chi connectivity index (χ1v) is 8.24. The molecule has 0 aliphatic carbocycles. The van der Waals surface area contributed by atoms with E-state index in [9.17, 15) is 0 Å². The minimum absolute atomic E-state index is 0.524. The van der Waals surface area contributed by atoms with Crippen LogP contribution in [-0.4, -0.2) is 17.3 Å². The largest absolute Gasteiger partial charge is 0.487 e. The topological polar surface area (TPSA) is 21.6 Å². The van der Waals surface area contributed by atoms with Crippen molar-refractivity contribution >= 4 is 28.4 Å². The maximum Gasteiger partial charge on any atom is 0.138 e. The molecule has 1 aliphatic rings. The average molecular weight is 318 g/mol. The van der Waals surface area contributed by atoms with E-state index in [0.29, 0.717) is 17.4 Å². The number of hydrogen-bond donors (Lipinski definition) is 0. The van der Waals surface area contributed by atoms with Crippen LogP contribution >= 0.6 is 23.4 Å². The molecule has 0 atom stereocenters. The number of ether oxygens (including phenoxy) is 1. The van der Waals surface area contributed by atoms with Crippen molar-refractivity contribution in [1.82, 2.24) is 0 Å². The molecule has 0 bridgehead atoms. The summed E-state index contributed by atoms with van der Waals surface area (Å²) in [6.45, 7) is 3.49. The molecule has 21 heavy (non-hydrogen) atoms. The van der Waals surface area contributed by atoms with Gasteiger partial charge in [-0.05, 0) is 30.7 Å². The van der Waals surface area contributed by atoms with Crippen LogP contribution in [0.4, 0.5) is 0 Å². The molecule has 4 heteroatoms. The quantitative estimate of drug-likeness (QED) is 0.813. The number of benzene rings is 2. The maximum absolute atomic E-state index is 6.32. The van der Waals surface area contributed by atoms with Gasteiger partial charge in [-0.2, -0.15) is 0 Å². The summed E-state index contributed by atoms with van der Waals surface area (Å²) < 4.78 is 5.82. The molecule has 1 heterocycles. The smallest absolute Gasteiger partial charge is 0.138 e. The Labute approximate surface area is 134 Å². The zero-order valence-electron chi connectivity index (χ0n) is 11.8. The Balaban J connectivity index is 1.71. The summed E-state index contributed by atoms with van der Waals surface area (Å²) in [4.78, 5) is 4.46. The Hall–Kier alpha value is -1.45. The van der Waals surface area contributed by atoms with Gasteiger partial charge in [-0.1, -0.05) is 41.4 Å². The van der Waals surface area contributed by atoms with Gasteiger partial charge in [0.05, 0.1) is 10.1 Å². The van der Waals surface area contributed by atoms with Crippen LogP contribution in [0.5, 0.6) is 5.75 Å². The van der Waals surface area contributed by atoms with Gasteiger partial charge < -0.3 is 4.74 Å².